The Balaban J connectivity index is 1.90. The van der Waals surface area contributed by atoms with Crippen LogP contribution in [-0.2, 0) is 0 Å². The van der Waals surface area contributed by atoms with E-state index in [1.165, 1.54) is 0 Å². The van der Waals surface area contributed by atoms with Crippen LogP contribution in [0.2, 0.25) is 5.28 Å². The molecular formula is C12H15ClN6. The van der Waals surface area contributed by atoms with Crippen molar-refractivity contribution in [2.45, 2.75) is 19.8 Å². The van der Waals surface area contributed by atoms with Crippen LogP contribution >= 0.6 is 11.6 Å². The third-order valence-electron chi connectivity index (χ3n) is 3.39. The van der Waals surface area contributed by atoms with Gasteiger partial charge in [0.15, 0.2) is 0 Å². The van der Waals surface area contributed by atoms with Crippen LogP contribution in [0.1, 0.15) is 19.8 Å². The number of imidazole rings is 1. The second kappa shape index (κ2) is 5.13. The molecule has 1 aliphatic rings. The highest BCUT2D eigenvalue weighted by molar-refractivity contribution is 6.28. The molecule has 2 aromatic heterocycles. The van der Waals surface area contributed by atoms with Crippen LogP contribution in [0.25, 0.3) is 5.95 Å². The predicted octanol–water partition coefficient (Wildman–Crippen LogP) is 1.95. The molecule has 6 nitrogen and oxygen atoms in total. The Morgan fingerprint density at radius 2 is 1.89 bits per heavy atom. The second-order valence-corrected chi connectivity index (χ2v) is 5.18. The molecule has 3 heterocycles. The zero-order valence-corrected chi connectivity index (χ0v) is 11.5. The Morgan fingerprint density at radius 3 is 2.58 bits per heavy atom. The van der Waals surface area contributed by atoms with Crippen LogP contribution < -0.4 is 4.90 Å². The van der Waals surface area contributed by atoms with Crippen molar-refractivity contribution in [3.8, 4) is 5.95 Å². The van der Waals surface area contributed by atoms with Crippen molar-refractivity contribution in [2.75, 3.05) is 18.0 Å². The number of anilines is 1. The summed E-state index contributed by atoms with van der Waals surface area (Å²) in [5, 5.41) is 0.215. The van der Waals surface area contributed by atoms with E-state index in [1.54, 1.807) is 23.3 Å². The molecule has 0 spiro atoms. The fraction of sp³-hybridized carbons (Fsp3) is 0.500. The number of hydrogen-bond donors (Lipinski definition) is 0. The molecule has 100 valence electrons. The Bertz CT molecular complexity index is 547. The van der Waals surface area contributed by atoms with E-state index in [-0.39, 0.29) is 5.28 Å². The number of piperidine rings is 1. The second-order valence-electron chi connectivity index (χ2n) is 4.84. The van der Waals surface area contributed by atoms with Gasteiger partial charge >= 0.3 is 0 Å². The summed E-state index contributed by atoms with van der Waals surface area (Å²) in [6.07, 6.45) is 7.43. The Morgan fingerprint density at radius 1 is 1.16 bits per heavy atom. The molecule has 7 heteroatoms. The average molecular weight is 279 g/mol. The van der Waals surface area contributed by atoms with Gasteiger partial charge in [-0.2, -0.15) is 15.0 Å². The average Bonchev–Trinajstić information content (AvgIpc) is 2.93. The topological polar surface area (TPSA) is 59.7 Å². The summed E-state index contributed by atoms with van der Waals surface area (Å²) >= 11 is 5.99. The molecule has 0 atom stereocenters. The molecule has 19 heavy (non-hydrogen) atoms. The van der Waals surface area contributed by atoms with E-state index < -0.39 is 0 Å². The van der Waals surface area contributed by atoms with Crippen molar-refractivity contribution in [3.63, 3.8) is 0 Å². The van der Waals surface area contributed by atoms with Crippen molar-refractivity contribution in [2.24, 2.45) is 5.92 Å². The fourth-order valence-electron chi connectivity index (χ4n) is 2.17. The van der Waals surface area contributed by atoms with E-state index >= 15 is 0 Å². The smallest absolute Gasteiger partial charge is 0.241 e. The van der Waals surface area contributed by atoms with Gasteiger partial charge in [-0.1, -0.05) is 6.92 Å². The Kier molecular flexibility index (Phi) is 3.33. The van der Waals surface area contributed by atoms with E-state index in [0.29, 0.717) is 11.9 Å². The summed E-state index contributed by atoms with van der Waals surface area (Å²) in [5.74, 6) is 1.92. The first kappa shape index (κ1) is 12.3. The van der Waals surface area contributed by atoms with E-state index in [0.717, 1.165) is 31.8 Å². The van der Waals surface area contributed by atoms with Gasteiger partial charge in [0, 0.05) is 25.5 Å². The molecule has 0 saturated carbocycles. The molecule has 1 fully saturated rings. The molecule has 0 unspecified atom stereocenters. The van der Waals surface area contributed by atoms with Gasteiger partial charge < -0.3 is 4.90 Å². The summed E-state index contributed by atoms with van der Waals surface area (Å²) in [5.41, 5.74) is 0. The van der Waals surface area contributed by atoms with Gasteiger partial charge in [-0.05, 0) is 30.4 Å². The van der Waals surface area contributed by atoms with Gasteiger partial charge in [0.1, 0.15) is 6.33 Å². The molecule has 0 N–H and O–H groups in total. The van der Waals surface area contributed by atoms with Crippen molar-refractivity contribution >= 4 is 17.5 Å². The zero-order valence-electron chi connectivity index (χ0n) is 10.7. The van der Waals surface area contributed by atoms with Crippen LogP contribution in [0.3, 0.4) is 0 Å². The van der Waals surface area contributed by atoms with Crippen LogP contribution in [0, 0.1) is 5.92 Å². The number of halogens is 1. The van der Waals surface area contributed by atoms with Gasteiger partial charge in [-0.25, -0.2) is 4.98 Å². The number of hydrogen-bond acceptors (Lipinski definition) is 5. The lowest BCUT2D eigenvalue weighted by Gasteiger charge is -2.30. The predicted molar refractivity (Wildman–Crippen MR) is 72.6 cm³/mol. The third-order valence-corrected chi connectivity index (χ3v) is 3.56. The molecule has 0 aliphatic carbocycles. The van der Waals surface area contributed by atoms with Crippen LogP contribution in [-0.4, -0.2) is 37.6 Å². The normalized spacial score (nSPS) is 16.8. The SMILES string of the molecule is CC1CCN(c2nc(Cl)nc(-n3ccnc3)n2)CC1. The highest BCUT2D eigenvalue weighted by Gasteiger charge is 2.19. The van der Waals surface area contributed by atoms with E-state index in [1.807, 2.05) is 0 Å². The fourth-order valence-corrected chi connectivity index (χ4v) is 2.32. The van der Waals surface area contributed by atoms with Crippen LogP contribution in [0.4, 0.5) is 5.95 Å². The van der Waals surface area contributed by atoms with Gasteiger partial charge in [-0.3, -0.25) is 4.57 Å². The molecule has 3 rings (SSSR count). The lowest BCUT2D eigenvalue weighted by molar-refractivity contribution is 0.434. The largest absolute Gasteiger partial charge is 0.341 e. The van der Waals surface area contributed by atoms with Crippen molar-refractivity contribution < 1.29 is 0 Å². The first-order chi connectivity index (χ1) is 9.22. The summed E-state index contributed by atoms with van der Waals surface area (Å²) in [6, 6.07) is 0. The number of rotatable bonds is 2. The van der Waals surface area contributed by atoms with Crippen molar-refractivity contribution in [3.05, 3.63) is 24.0 Å². The minimum atomic E-state index is 0.215. The van der Waals surface area contributed by atoms with Gasteiger partial charge in [-0.15, -0.1) is 0 Å². The van der Waals surface area contributed by atoms with Gasteiger partial charge in [0.05, 0.1) is 0 Å². The molecule has 0 amide bonds. The van der Waals surface area contributed by atoms with Crippen LogP contribution in [0.5, 0.6) is 0 Å². The first-order valence-electron chi connectivity index (χ1n) is 6.37. The number of aromatic nitrogens is 5. The first-order valence-corrected chi connectivity index (χ1v) is 6.75. The Hall–Kier alpha value is -1.69. The molecule has 1 saturated heterocycles. The van der Waals surface area contributed by atoms with Gasteiger partial charge in [0.2, 0.25) is 17.2 Å². The quantitative estimate of drug-likeness (QED) is 0.840. The lowest BCUT2D eigenvalue weighted by atomic mass is 10.00. The highest BCUT2D eigenvalue weighted by atomic mass is 35.5. The highest BCUT2D eigenvalue weighted by Crippen LogP contribution is 2.21. The van der Waals surface area contributed by atoms with Gasteiger partial charge in [0.25, 0.3) is 0 Å². The summed E-state index contributed by atoms with van der Waals surface area (Å²) in [7, 11) is 0. The maximum absolute atomic E-state index is 5.99. The zero-order chi connectivity index (χ0) is 13.2. The molecule has 2 aromatic rings. The minimum Gasteiger partial charge on any atom is -0.341 e. The van der Waals surface area contributed by atoms with Crippen molar-refractivity contribution in [1.82, 2.24) is 24.5 Å². The monoisotopic (exact) mass is 278 g/mol. The standard InChI is InChI=1S/C12H15ClN6/c1-9-2-5-18(6-3-9)11-15-10(13)16-12(17-11)19-7-4-14-8-19/h4,7-9H,2-3,5-6H2,1H3. The number of nitrogens with zero attached hydrogens (tertiary/aromatic N) is 6. The lowest BCUT2D eigenvalue weighted by Crippen LogP contribution is -2.34. The Labute approximate surface area is 116 Å². The molecule has 0 aromatic carbocycles. The van der Waals surface area contributed by atoms with Crippen LogP contribution in [0.15, 0.2) is 18.7 Å². The maximum atomic E-state index is 5.99. The minimum absolute atomic E-state index is 0.215. The van der Waals surface area contributed by atoms with E-state index in [2.05, 4.69) is 31.8 Å². The maximum Gasteiger partial charge on any atom is 0.241 e. The third kappa shape index (κ3) is 2.68. The summed E-state index contributed by atoms with van der Waals surface area (Å²) in [4.78, 5) is 19.0. The van der Waals surface area contributed by atoms with Crippen molar-refractivity contribution in [1.29, 1.82) is 0 Å². The van der Waals surface area contributed by atoms with E-state index in [9.17, 15) is 0 Å². The molecule has 0 radical (unpaired) electrons. The van der Waals surface area contributed by atoms with E-state index in [4.69, 9.17) is 11.6 Å². The summed E-state index contributed by atoms with van der Waals surface area (Å²) in [6.45, 7) is 4.20. The molecular weight excluding hydrogens is 264 g/mol. The molecule has 0 bridgehead atoms. The summed E-state index contributed by atoms with van der Waals surface area (Å²) < 4.78 is 1.73. The molecule has 1 aliphatic heterocycles.